The first-order valence-corrected chi connectivity index (χ1v) is 6.85. The molecular weight excluding hydrogens is 272 g/mol. The van der Waals surface area contributed by atoms with Gasteiger partial charge >= 0.3 is 0 Å². The van der Waals surface area contributed by atoms with Crippen molar-refractivity contribution in [3.8, 4) is 0 Å². The fraction of sp³-hybridized carbons (Fsp3) is 0.267. The zero-order chi connectivity index (χ0) is 14.3. The molecule has 20 heavy (non-hydrogen) atoms. The van der Waals surface area contributed by atoms with Gasteiger partial charge in [0.1, 0.15) is 5.15 Å². The molecule has 0 aliphatic rings. The van der Waals surface area contributed by atoms with Crippen LogP contribution in [0.2, 0.25) is 5.15 Å². The first-order valence-electron chi connectivity index (χ1n) is 6.47. The zero-order valence-electron chi connectivity index (χ0n) is 11.7. The van der Waals surface area contributed by atoms with E-state index in [4.69, 9.17) is 11.6 Å². The second-order valence-electron chi connectivity index (χ2n) is 4.98. The molecule has 0 unspecified atom stereocenters. The number of aryl methyl sites for hydroxylation is 3. The number of fused-ring (bicyclic) bond motifs is 1. The lowest BCUT2D eigenvalue weighted by molar-refractivity contribution is 0.844. The number of rotatable bonds is 2. The Bertz CT molecular complexity index is 775. The van der Waals surface area contributed by atoms with Crippen molar-refractivity contribution in [1.29, 1.82) is 0 Å². The van der Waals surface area contributed by atoms with Crippen LogP contribution in [0.15, 0.2) is 24.4 Å². The Kier molecular flexibility index (Phi) is 3.18. The van der Waals surface area contributed by atoms with Crippen LogP contribution in [0.5, 0.6) is 0 Å². The van der Waals surface area contributed by atoms with Gasteiger partial charge in [0.25, 0.3) is 0 Å². The van der Waals surface area contributed by atoms with E-state index in [0.29, 0.717) is 5.15 Å². The Labute approximate surface area is 122 Å². The molecule has 3 aromatic rings. The lowest BCUT2D eigenvalue weighted by Crippen LogP contribution is -2.06. The molecule has 0 saturated carbocycles. The average Bonchev–Trinajstić information content (AvgIpc) is 2.77. The summed E-state index contributed by atoms with van der Waals surface area (Å²) in [4.78, 5) is 8.75. The van der Waals surface area contributed by atoms with Crippen molar-refractivity contribution in [2.75, 3.05) is 0 Å². The van der Waals surface area contributed by atoms with E-state index in [1.165, 1.54) is 5.56 Å². The Morgan fingerprint density at radius 1 is 1.20 bits per heavy atom. The Hall–Kier alpha value is -1.94. The van der Waals surface area contributed by atoms with E-state index in [9.17, 15) is 0 Å². The van der Waals surface area contributed by atoms with Gasteiger partial charge in [0.2, 0.25) is 0 Å². The van der Waals surface area contributed by atoms with Crippen LogP contribution in [0.3, 0.4) is 0 Å². The van der Waals surface area contributed by atoms with Crippen LogP contribution in [0.4, 0.5) is 0 Å². The summed E-state index contributed by atoms with van der Waals surface area (Å²) in [7, 11) is 0. The molecule has 4 nitrogen and oxygen atoms in total. The molecule has 0 aliphatic carbocycles. The van der Waals surface area contributed by atoms with Crippen molar-refractivity contribution in [2.24, 2.45) is 0 Å². The standard InChI is InChI=1S/C15H15ClN4/c1-9-6-15-18-10(2)13(11(3)20(15)19-9)7-12-4-5-14(16)17-8-12/h4-6,8H,7H2,1-3H3. The third-order valence-electron chi connectivity index (χ3n) is 3.46. The van der Waals surface area contributed by atoms with Crippen LogP contribution in [-0.4, -0.2) is 19.6 Å². The molecule has 0 aliphatic heterocycles. The monoisotopic (exact) mass is 286 g/mol. The smallest absolute Gasteiger partial charge is 0.155 e. The van der Waals surface area contributed by atoms with E-state index in [1.54, 1.807) is 6.20 Å². The molecule has 0 atom stereocenters. The summed E-state index contributed by atoms with van der Waals surface area (Å²) in [6.07, 6.45) is 2.59. The highest BCUT2D eigenvalue weighted by molar-refractivity contribution is 6.29. The number of hydrogen-bond donors (Lipinski definition) is 0. The van der Waals surface area contributed by atoms with Crippen molar-refractivity contribution < 1.29 is 0 Å². The van der Waals surface area contributed by atoms with Crippen molar-refractivity contribution in [1.82, 2.24) is 19.6 Å². The van der Waals surface area contributed by atoms with Crippen LogP contribution in [0, 0.1) is 20.8 Å². The summed E-state index contributed by atoms with van der Waals surface area (Å²) < 4.78 is 1.90. The number of hydrogen-bond acceptors (Lipinski definition) is 3. The van der Waals surface area contributed by atoms with Crippen LogP contribution in [0.1, 0.15) is 28.2 Å². The minimum Gasteiger partial charge on any atom is -0.244 e. The molecule has 0 spiro atoms. The topological polar surface area (TPSA) is 43.1 Å². The maximum atomic E-state index is 5.82. The fourth-order valence-corrected chi connectivity index (χ4v) is 2.52. The van der Waals surface area contributed by atoms with Crippen molar-refractivity contribution >= 4 is 17.2 Å². The van der Waals surface area contributed by atoms with E-state index >= 15 is 0 Å². The van der Waals surface area contributed by atoms with Crippen LogP contribution >= 0.6 is 11.6 Å². The molecule has 0 aromatic carbocycles. The van der Waals surface area contributed by atoms with Gasteiger partial charge < -0.3 is 0 Å². The molecule has 0 radical (unpaired) electrons. The molecule has 0 fully saturated rings. The molecule has 0 N–H and O–H groups in total. The fourth-order valence-electron chi connectivity index (χ4n) is 2.41. The van der Waals surface area contributed by atoms with E-state index in [2.05, 4.69) is 22.0 Å². The predicted octanol–water partition coefficient (Wildman–Crippen LogP) is 3.29. The minimum atomic E-state index is 0.512. The van der Waals surface area contributed by atoms with Gasteiger partial charge in [0.05, 0.1) is 5.69 Å². The highest BCUT2D eigenvalue weighted by Gasteiger charge is 2.11. The molecule has 3 rings (SSSR count). The molecular formula is C15H15ClN4. The Morgan fingerprint density at radius 2 is 2.00 bits per heavy atom. The van der Waals surface area contributed by atoms with Crippen molar-refractivity contribution in [3.05, 3.63) is 57.8 Å². The van der Waals surface area contributed by atoms with Crippen LogP contribution < -0.4 is 0 Å². The molecule has 0 bridgehead atoms. The number of nitrogens with zero attached hydrogens (tertiary/aromatic N) is 4. The second-order valence-corrected chi connectivity index (χ2v) is 5.37. The molecule has 3 heterocycles. The van der Waals surface area contributed by atoms with E-state index in [0.717, 1.165) is 34.7 Å². The lowest BCUT2D eigenvalue weighted by Gasteiger charge is -2.11. The highest BCUT2D eigenvalue weighted by Crippen LogP contribution is 2.19. The van der Waals surface area contributed by atoms with Gasteiger partial charge in [-0.25, -0.2) is 14.5 Å². The molecule has 5 heteroatoms. The predicted molar refractivity (Wildman–Crippen MR) is 79.3 cm³/mol. The van der Waals surface area contributed by atoms with Gasteiger partial charge in [-0.3, -0.25) is 0 Å². The zero-order valence-corrected chi connectivity index (χ0v) is 12.4. The SMILES string of the molecule is Cc1cc2nc(C)c(Cc3ccc(Cl)nc3)c(C)n2n1. The quantitative estimate of drug-likeness (QED) is 0.679. The second kappa shape index (κ2) is 4.87. The van der Waals surface area contributed by atoms with Gasteiger partial charge in [-0.1, -0.05) is 17.7 Å². The van der Waals surface area contributed by atoms with Gasteiger partial charge in [0.15, 0.2) is 5.65 Å². The summed E-state index contributed by atoms with van der Waals surface area (Å²) in [5, 5.41) is 5.00. The number of aromatic nitrogens is 4. The summed E-state index contributed by atoms with van der Waals surface area (Å²) in [6, 6.07) is 5.80. The third-order valence-corrected chi connectivity index (χ3v) is 3.68. The summed E-state index contributed by atoms with van der Waals surface area (Å²) in [5.74, 6) is 0. The van der Waals surface area contributed by atoms with E-state index in [-0.39, 0.29) is 0 Å². The summed E-state index contributed by atoms with van der Waals surface area (Å²) >= 11 is 5.82. The number of halogens is 1. The Balaban J connectivity index is 2.08. The molecule has 0 amide bonds. The summed E-state index contributed by atoms with van der Waals surface area (Å²) in [6.45, 7) is 6.09. The summed E-state index contributed by atoms with van der Waals surface area (Å²) in [5.41, 5.74) is 6.33. The minimum absolute atomic E-state index is 0.512. The van der Waals surface area contributed by atoms with Crippen LogP contribution in [-0.2, 0) is 6.42 Å². The molecule has 102 valence electrons. The van der Waals surface area contributed by atoms with E-state index < -0.39 is 0 Å². The van der Waals surface area contributed by atoms with Gasteiger partial charge in [-0.2, -0.15) is 5.10 Å². The maximum absolute atomic E-state index is 5.82. The first-order chi connectivity index (χ1) is 9.54. The number of pyridine rings is 1. The first kappa shape index (κ1) is 13.1. The lowest BCUT2D eigenvalue weighted by atomic mass is 10.0. The van der Waals surface area contributed by atoms with E-state index in [1.807, 2.05) is 36.6 Å². The van der Waals surface area contributed by atoms with Crippen molar-refractivity contribution in [3.63, 3.8) is 0 Å². The largest absolute Gasteiger partial charge is 0.244 e. The molecule has 0 saturated heterocycles. The van der Waals surface area contributed by atoms with Crippen LogP contribution in [0.25, 0.3) is 5.65 Å². The molecule has 3 aromatic heterocycles. The van der Waals surface area contributed by atoms with Crippen molar-refractivity contribution in [2.45, 2.75) is 27.2 Å². The van der Waals surface area contributed by atoms with Gasteiger partial charge in [-0.05, 0) is 38.0 Å². The average molecular weight is 287 g/mol. The van der Waals surface area contributed by atoms with Gasteiger partial charge in [-0.15, -0.1) is 0 Å². The maximum Gasteiger partial charge on any atom is 0.155 e. The van der Waals surface area contributed by atoms with Gasteiger partial charge in [0, 0.05) is 30.1 Å². The highest BCUT2D eigenvalue weighted by atomic mass is 35.5. The normalized spacial score (nSPS) is 11.2. The Morgan fingerprint density at radius 3 is 2.70 bits per heavy atom. The third kappa shape index (κ3) is 2.27.